The van der Waals surface area contributed by atoms with Gasteiger partial charge in [0.25, 0.3) is 5.91 Å². The lowest BCUT2D eigenvalue weighted by Gasteiger charge is -2.15. The quantitative estimate of drug-likeness (QED) is 0.804. The number of anilines is 1. The van der Waals surface area contributed by atoms with E-state index < -0.39 is 0 Å². The third-order valence-electron chi connectivity index (χ3n) is 2.56. The molecule has 18 heavy (non-hydrogen) atoms. The van der Waals surface area contributed by atoms with Crippen LogP contribution in [0.3, 0.4) is 0 Å². The van der Waals surface area contributed by atoms with Gasteiger partial charge in [-0.1, -0.05) is 6.07 Å². The second-order valence-electron chi connectivity index (χ2n) is 3.74. The topological polar surface area (TPSA) is 57.0 Å². The van der Waals surface area contributed by atoms with E-state index in [4.69, 9.17) is 5.26 Å². The van der Waals surface area contributed by atoms with E-state index in [2.05, 4.69) is 4.98 Å². The van der Waals surface area contributed by atoms with Crippen molar-refractivity contribution >= 4 is 11.7 Å². The van der Waals surface area contributed by atoms with Crippen LogP contribution in [-0.4, -0.2) is 17.9 Å². The van der Waals surface area contributed by atoms with Gasteiger partial charge in [0.05, 0.1) is 11.6 Å². The predicted octanol–water partition coefficient (Wildman–Crippen LogP) is 2.23. The zero-order valence-corrected chi connectivity index (χ0v) is 9.87. The van der Waals surface area contributed by atoms with Crippen LogP contribution in [0, 0.1) is 11.3 Å². The van der Waals surface area contributed by atoms with E-state index in [0.29, 0.717) is 16.9 Å². The van der Waals surface area contributed by atoms with Crippen molar-refractivity contribution in [3.8, 4) is 6.07 Å². The second kappa shape index (κ2) is 5.11. The number of hydrogen-bond acceptors (Lipinski definition) is 3. The molecule has 0 radical (unpaired) electrons. The first-order valence-electron chi connectivity index (χ1n) is 5.41. The standard InChI is InChI=1S/C14H11N3O/c1-17(13-4-2-3-9-16-13)14(18)12-7-5-11(10-15)6-8-12/h2-9H,1H3. The molecule has 4 nitrogen and oxygen atoms in total. The molecular formula is C14H11N3O. The first kappa shape index (κ1) is 11.8. The zero-order chi connectivity index (χ0) is 13.0. The summed E-state index contributed by atoms with van der Waals surface area (Å²) >= 11 is 0. The lowest BCUT2D eigenvalue weighted by molar-refractivity contribution is 0.0992. The van der Waals surface area contributed by atoms with E-state index in [1.54, 1.807) is 49.6 Å². The van der Waals surface area contributed by atoms with Gasteiger partial charge in [0.1, 0.15) is 5.82 Å². The molecule has 2 rings (SSSR count). The molecule has 0 aliphatic rings. The number of amides is 1. The van der Waals surface area contributed by atoms with Crippen LogP contribution in [0.2, 0.25) is 0 Å². The minimum Gasteiger partial charge on any atom is -0.296 e. The van der Waals surface area contributed by atoms with Gasteiger partial charge in [0.2, 0.25) is 0 Å². The number of benzene rings is 1. The van der Waals surface area contributed by atoms with Gasteiger partial charge in [-0.25, -0.2) is 4.98 Å². The summed E-state index contributed by atoms with van der Waals surface area (Å²) < 4.78 is 0. The molecule has 0 aliphatic carbocycles. The summed E-state index contributed by atoms with van der Waals surface area (Å²) in [5.41, 5.74) is 1.06. The van der Waals surface area contributed by atoms with Gasteiger partial charge in [-0.3, -0.25) is 9.69 Å². The van der Waals surface area contributed by atoms with Crippen LogP contribution in [0.1, 0.15) is 15.9 Å². The van der Waals surface area contributed by atoms with Gasteiger partial charge in [-0.15, -0.1) is 0 Å². The molecule has 0 unspecified atom stereocenters. The number of rotatable bonds is 2. The fourth-order valence-electron chi connectivity index (χ4n) is 1.54. The SMILES string of the molecule is CN(C(=O)c1ccc(C#N)cc1)c1ccccn1. The maximum atomic E-state index is 12.1. The second-order valence-corrected chi connectivity index (χ2v) is 3.74. The van der Waals surface area contributed by atoms with E-state index >= 15 is 0 Å². The molecule has 0 bridgehead atoms. The van der Waals surface area contributed by atoms with Crippen LogP contribution in [0.4, 0.5) is 5.82 Å². The monoisotopic (exact) mass is 237 g/mol. The highest BCUT2D eigenvalue weighted by atomic mass is 16.2. The number of carbonyl (C=O) groups is 1. The van der Waals surface area contributed by atoms with Crippen LogP contribution >= 0.6 is 0 Å². The molecule has 0 saturated carbocycles. The molecule has 88 valence electrons. The highest BCUT2D eigenvalue weighted by Gasteiger charge is 2.13. The van der Waals surface area contributed by atoms with Gasteiger partial charge in [-0.2, -0.15) is 5.26 Å². The fourth-order valence-corrected chi connectivity index (χ4v) is 1.54. The average molecular weight is 237 g/mol. The van der Waals surface area contributed by atoms with Crippen LogP contribution in [0.25, 0.3) is 0 Å². The molecule has 2 aromatic rings. The Balaban J connectivity index is 2.23. The van der Waals surface area contributed by atoms with Crippen molar-refractivity contribution < 1.29 is 4.79 Å². The van der Waals surface area contributed by atoms with Crippen LogP contribution < -0.4 is 4.90 Å². The summed E-state index contributed by atoms with van der Waals surface area (Å²) in [6.07, 6.45) is 1.64. The largest absolute Gasteiger partial charge is 0.296 e. The van der Waals surface area contributed by atoms with Gasteiger partial charge in [0, 0.05) is 18.8 Å². The molecular weight excluding hydrogens is 226 g/mol. The molecule has 0 N–H and O–H groups in total. The first-order valence-corrected chi connectivity index (χ1v) is 5.41. The van der Waals surface area contributed by atoms with E-state index in [-0.39, 0.29) is 5.91 Å². The van der Waals surface area contributed by atoms with E-state index in [9.17, 15) is 4.79 Å². The lowest BCUT2D eigenvalue weighted by atomic mass is 10.1. The number of aromatic nitrogens is 1. The summed E-state index contributed by atoms with van der Waals surface area (Å²) in [6, 6.07) is 13.9. The summed E-state index contributed by atoms with van der Waals surface area (Å²) in [6.45, 7) is 0. The summed E-state index contributed by atoms with van der Waals surface area (Å²) in [7, 11) is 1.67. The normalized spacial score (nSPS) is 9.56. The van der Waals surface area contributed by atoms with Crippen molar-refractivity contribution in [2.45, 2.75) is 0 Å². The van der Waals surface area contributed by atoms with Gasteiger partial charge < -0.3 is 0 Å². The van der Waals surface area contributed by atoms with Gasteiger partial charge >= 0.3 is 0 Å². The van der Waals surface area contributed by atoms with Crippen LogP contribution in [0.5, 0.6) is 0 Å². The zero-order valence-electron chi connectivity index (χ0n) is 9.87. The minimum absolute atomic E-state index is 0.154. The van der Waals surface area contributed by atoms with Crippen molar-refractivity contribution in [3.63, 3.8) is 0 Å². The Morgan fingerprint density at radius 2 is 1.94 bits per heavy atom. The molecule has 0 atom stereocenters. The third-order valence-corrected chi connectivity index (χ3v) is 2.56. The Morgan fingerprint density at radius 1 is 1.22 bits per heavy atom. The van der Waals surface area contributed by atoms with Crippen molar-refractivity contribution in [3.05, 3.63) is 59.8 Å². The van der Waals surface area contributed by atoms with Gasteiger partial charge in [-0.05, 0) is 36.4 Å². The van der Waals surface area contributed by atoms with Crippen LogP contribution in [-0.2, 0) is 0 Å². The average Bonchev–Trinajstić information content (AvgIpc) is 2.47. The highest BCUT2D eigenvalue weighted by molar-refractivity contribution is 6.05. The van der Waals surface area contributed by atoms with Gasteiger partial charge in [0.15, 0.2) is 0 Å². The Bertz CT molecular complexity index is 585. The summed E-state index contributed by atoms with van der Waals surface area (Å²) in [5, 5.41) is 8.70. The maximum Gasteiger partial charge on any atom is 0.259 e. The Kier molecular flexibility index (Phi) is 3.35. The number of pyridine rings is 1. The molecule has 0 fully saturated rings. The van der Waals surface area contributed by atoms with Crippen molar-refractivity contribution in [1.29, 1.82) is 5.26 Å². The number of hydrogen-bond donors (Lipinski definition) is 0. The Morgan fingerprint density at radius 3 is 2.50 bits per heavy atom. The summed E-state index contributed by atoms with van der Waals surface area (Å²) in [4.78, 5) is 17.7. The lowest BCUT2D eigenvalue weighted by Crippen LogP contribution is -2.26. The molecule has 1 aromatic heterocycles. The molecule has 1 amide bonds. The maximum absolute atomic E-state index is 12.1. The number of carbonyl (C=O) groups excluding carboxylic acids is 1. The van der Waals surface area contributed by atoms with Crippen molar-refractivity contribution in [2.75, 3.05) is 11.9 Å². The Labute approximate surface area is 105 Å². The fraction of sp³-hybridized carbons (Fsp3) is 0.0714. The predicted molar refractivity (Wildman–Crippen MR) is 68.1 cm³/mol. The van der Waals surface area contributed by atoms with Crippen molar-refractivity contribution in [2.24, 2.45) is 0 Å². The van der Waals surface area contributed by atoms with E-state index in [1.165, 1.54) is 4.90 Å². The smallest absolute Gasteiger partial charge is 0.259 e. The molecule has 0 aliphatic heterocycles. The van der Waals surface area contributed by atoms with Crippen molar-refractivity contribution in [1.82, 2.24) is 4.98 Å². The molecule has 1 aromatic carbocycles. The van der Waals surface area contributed by atoms with E-state index in [1.807, 2.05) is 12.1 Å². The summed E-state index contributed by atoms with van der Waals surface area (Å²) in [5.74, 6) is 0.435. The first-order chi connectivity index (χ1) is 8.72. The number of nitriles is 1. The third kappa shape index (κ3) is 2.36. The van der Waals surface area contributed by atoms with Crippen LogP contribution in [0.15, 0.2) is 48.7 Å². The van der Waals surface area contributed by atoms with E-state index in [0.717, 1.165) is 0 Å². The molecule has 0 saturated heterocycles. The molecule has 1 heterocycles. The molecule has 0 spiro atoms. The highest BCUT2D eigenvalue weighted by Crippen LogP contribution is 2.12. The number of nitrogens with zero attached hydrogens (tertiary/aromatic N) is 3. The molecule has 4 heteroatoms. The minimum atomic E-state index is -0.154. The Hall–Kier alpha value is -2.67.